The number of aromatic nitrogens is 5. The van der Waals surface area contributed by atoms with Crippen LogP contribution in [0.4, 0.5) is 0 Å². The van der Waals surface area contributed by atoms with Gasteiger partial charge in [-0.15, -0.1) is 11.3 Å². The third-order valence-electron chi connectivity index (χ3n) is 10.5. The van der Waals surface area contributed by atoms with Crippen LogP contribution >= 0.6 is 11.3 Å². The van der Waals surface area contributed by atoms with Crippen molar-refractivity contribution in [2.75, 3.05) is 0 Å². The van der Waals surface area contributed by atoms with Crippen LogP contribution in [-0.4, -0.2) is 24.5 Å². The zero-order chi connectivity index (χ0) is 37.0. The maximum absolute atomic E-state index is 5.23. The van der Waals surface area contributed by atoms with Gasteiger partial charge in [-0.3, -0.25) is 0 Å². The van der Waals surface area contributed by atoms with Crippen LogP contribution in [0.5, 0.6) is 0 Å². The van der Waals surface area contributed by atoms with Gasteiger partial charge >= 0.3 is 0 Å². The molecule has 4 aromatic heterocycles. The molecule has 7 aromatic carbocycles. The van der Waals surface area contributed by atoms with Crippen LogP contribution in [0, 0.1) is 0 Å². The molecular formula is C50H31N5S. The van der Waals surface area contributed by atoms with Gasteiger partial charge in [-0.05, 0) is 35.4 Å². The highest BCUT2D eigenvalue weighted by molar-refractivity contribution is 7.26. The fourth-order valence-electron chi connectivity index (χ4n) is 7.79. The van der Waals surface area contributed by atoms with E-state index in [2.05, 4.69) is 132 Å². The summed E-state index contributed by atoms with van der Waals surface area (Å²) >= 11 is 1.83. The molecule has 0 spiro atoms. The zero-order valence-electron chi connectivity index (χ0n) is 30.0. The number of benzene rings is 7. The van der Waals surface area contributed by atoms with Gasteiger partial charge in [0, 0.05) is 49.5 Å². The standard InChI is InChI=1S/C50H31N5S/c1-4-14-34(15-5-1)45-46-43(39-20-10-12-22-41(39)51-45)44-40-21-11-13-23-42(40)55(50(44)56-46)38-30-28-33(29-31-38)32-24-26-37(27-25-32)49-53-47(35-16-6-2-7-17-35)52-48(54-49)36-18-8-3-9-19-36/h1-31H. The van der Waals surface area contributed by atoms with E-state index < -0.39 is 0 Å². The van der Waals surface area contributed by atoms with Crippen molar-refractivity contribution in [2.24, 2.45) is 0 Å². The first-order valence-electron chi connectivity index (χ1n) is 18.6. The van der Waals surface area contributed by atoms with Crippen molar-refractivity contribution in [1.82, 2.24) is 24.5 Å². The number of thiophene rings is 1. The Labute approximate surface area is 326 Å². The van der Waals surface area contributed by atoms with Crippen molar-refractivity contribution in [1.29, 1.82) is 0 Å². The Kier molecular flexibility index (Phi) is 7.60. The Bertz CT molecular complexity index is 3150. The summed E-state index contributed by atoms with van der Waals surface area (Å²) in [5.74, 6) is 1.95. The van der Waals surface area contributed by atoms with Gasteiger partial charge in [0.25, 0.3) is 0 Å². The molecule has 56 heavy (non-hydrogen) atoms. The van der Waals surface area contributed by atoms with E-state index in [0.29, 0.717) is 17.5 Å². The van der Waals surface area contributed by atoms with Gasteiger partial charge in [0.15, 0.2) is 17.5 Å². The van der Waals surface area contributed by atoms with Crippen molar-refractivity contribution in [3.63, 3.8) is 0 Å². The Balaban J connectivity index is 1.000. The molecular weight excluding hydrogens is 703 g/mol. The average molecular weight is 734 g/mol. The number of hydrogen-bond acceptors (Lipinski definition) is 5. The Morgan fingerprint density at radius 3 is 1.43 bits per heavy atom. The molecule has 5 nitrogen and oxygen atoms in total. The molecule has 0 N–H and O–H groups in total. The summed E-state index contributed by atoms with van der Waals surface area (Å²) in [5.41, 5.74) is 10.6. The Morgan fingerprint density at radius 1 is 0.357 bits per heavy atom. The van der Waals surface area contributed by atoms with Gasteiger partial charge in [-0.2, -0.15) is 0 Å². The van der Waals surface area contributed by atoms with Crippen molar-refractivity contribution < 1.29 is 0 Å². The van der Waals surface area contributed by atoms with Crippen molar-refractivity contribution in [2.45, 2.75) is 0 Å². The summed E-state index contributed by atoms with van der Waals surface area (Å²) < 4.78 is 3.63. The maximum Gasteiger partial charge on any atom is 0.164 e. The molecule has 262 valence electrons. The highest BCUT2D eigenvalue weighted by Crippen LogP contribution is 2.47. The monoisotopic (exact) mass is 733 g/mol. The predicted molar refractivity (Wildman–Crippen MR) is 232 cm³/mol. The minimum atomic E-state index is 0.643. The highest BCUT2D eigenvalue weighted by atomic mass is 32.1. The van der Waals surface area contributed by atoms with E-state index in [1.807, 2.05) is 72.0 Å². The predicted octanol–water partition coefficient (Wildman–Crippen LogP) is 13.1. The van der Waals surface area contributed by atoms with E-state index in [1.165, 1.54) is 36.6 Å². The van der Waals surface area contributed by atoms with Crippen LogP contribution in [0.1, 0.15) is 0 Å². The average Bonchev–Trinajstić information content (AvgIpc) is 3.82. The molecule has 0 saturated carbocycles. The summed E-state index contributed by atoms with van der Waals surface area (Å²) in [6.07, 6.45) is 0. The van der Waals surface area contributed by atoms with E-state index >= 15 is 0 Å². The first kappa shape index (κ1) is 32.2. The van der Waals surface area contributed by atoms with E-state index in [0.717, 1.165) is 50.3 Å². The van der Waals surface area contributed by atoms with Gasteiger partial charge in [0.1, 0.15) is 4.83 Å². The summed E-state index contributed by atoms with van der Waals surface area (Å²) in [4.78, 5) is 21.1. The lowest BCUT2D eigenvalue weighted by Crippen LogP contribution is -2.00. The molecule has 0 aliphatic carbocycles. The lowest BCUT2D eigenvalue weighted by molar-refractivity contribution is 1.07. The number of hydrogen-bond donors (Lipinski definition) is 0. The van der Waals surface area contributed by atoms with Crippen LogP contribution in [0.25, 0.3) is 104 Å². The first-order valence-corrected chi connectivity index (χ1v) is 19.5. The van der Waals surface area contributed by atoms with Gasteiger partial charge < -0.3 is 4.57 Å². The highest BCUT2D eigenvalue weighted by Gasteiger charge is 2.22. The molecule has 6 heteroatoms. The maximum atomic E-state index is 5.23. The molecule has 0 saturated heterocycles. The van der Waals surface area contributed by atoms with Crippen molar-refractivity contribution >= 4 is 53.4 Å². The minimum absolute atomic E-state index is 0.643. The van der Waals surface area contributed by atoms with Crippen LogP contribution in [0.2, 0.25) is 0 Å². The first-order chi connectivity index (χ1) is 27.8. The molecule has 0 unspecified atom stereocenters. The van der Waals surface area contributed by atoms with E-state index in [9.17, 15) is 0 Å². The molecule has 11 rings (SSSR count). The topological polar surface area (TPSA) is 56.5 Å². The largest absolute Gasteiger partial charge is 0.301 e. The number of rotatable bonds is 6. The summed E-state index contributed by atoms with van der Waals surface area (Å²) in [5, 5.41) is 4.97. The van der Waals surface area contributed by atoms with Gasteiger partial charge in [0.2, 0.25) is 0 Å². The van der Waals surface area contributed by atoms with Gasteiger partial charge in [0.05, 0.1) is 21.4 Å². The quantitative estimate of drug-likeness (QED) is 0.171. The van der Waals surface area contributed by atoms with E-state index in [4.69, 9.17) is 19.9 Å². The molecule has 0 radical (unpaired) electrons. The molecule has 11 aromatic rings. The van der Waals surface area contributed by atoms with Gasteiger partial charge in [-0.25, -0.2) is 19.9 Å². The van der Waals surface area contributed by atoms with Crippen LogP contribution in [0.15, 0.2) is 188 Å². The summed E-state index contributed by atoms with van der Waals surface area (Å²) in [7, 11) is 0. The molecule has 0 fully saturated rings. The normalized spacial score (nSPS) is 11.6. The van der Waals surface area contributed by atoms with Gasteiger partial charge in [-0.1, -0.05) is 164 Å². The Hall–Kier alpha value is -7.28. The van der Waals surface area contributed by atoms with Crippen molar-refractivity contribution in [3.05, 3.63) is 188 Å². The van der Waals surface area contributed by atoms with E-state index in [1.54, 1.807) is 0 Å². The number of para-hydroxylation sites is 2. The number of nitrogens with zero attached hydrogens (tertiary/aromatic N) is 5. The molecule has 0 amide bonds. The second-order valence-electron chi connectivity index (χ2n) is 13.8. The van der Waals surface area contributed by atoms with Crippen LogP contribution < -0.4 is 0 Å². The molecule has 4 heterocycles. The van der Waals surface area contributed by atoms with Crippen LogP contribution in [0.3, 0.4) is 0 Å². The lowest BCUT2D eigenvalue weighted by atomic mass is 10.0. The van der Waals surface area contributed by atoms with Crippen LogP contribution in [-0.2, 0) is 0 Å². The third-order valence-corrected chi connectivity index (χ3v) is 11.7. The molecule has 0 aliphatic heterocycles. The molecule has 0 aliphatic rings. The number of fused-ring (bicyclic) bond motifs is 7. The minimum Gasteiger partial charge on any atom is -0.301 e. The Morgan fingerprint density at radius 2 is 0.821 bits per heavy atom. The van der Waals surface area contributed by atoms with E-state index in [-0.39, 0.29) is 0 Å². The summed E-state index contributed by atoms with van der Waals surface area (Å²) in [6, 6.07) is 65.4. The second-order valence-corrected chi connectivity index (χ2v) is 14.8. The molecule has 0 atom stereocenters. The lowest BCUT2D eigenvalue weighted by Gasteiger charge is -2.10. The fraction of sp³-hybridized carbons (Fsp3) is 0. The number of pyridine rings is 1. The van der Waals surface area contributed by atoms with Crippen molar-refractivity contribution in [3.8, 4) is 62.2 Å². The smallest absolute Gasteiger partial charge is 0.164 e. The molecule has 0 bridgehead atoms. The fourth-order valence-corrected chi connectivity index (χ4v) is 9.17. The summed E-state index contributed by atoms with van der Waals surface area (Å²) in [6.45, 7) is 0. The second kappa shape index (κ2) is 13.2. The zero-order valence-corrected chi connectivity index (χ0v) is 30.9. The SMILES string of the molecule is c1ccc(-c2nc(-c3ccccc3)nc(-c3ccc(-c4ccc(-n5c6ccccc6c6c7c(sc65)c(-c5ccccc5)nc5ccccc57)cc4)cc3)n2)cc1. The third kappa shape index (κ3) is 5.38.